The van der Waals surface area contributed by atoms with E-state index in [1.165, 1.54) is 0 Å². The van der Waals surface area contributed by atoms with Crippen LogP contribution >= 0.6 is 8.18 Å². The van der Waals surface area contributed by atoms with Crippen molar-refractivity contribution in [1.29, 1.82) is 0 Å². The molecule has 0 aromatic heterocycles. The molecule has 3 nitrogen and oxygen atoms in total. The molecule has 0 heterocycles. The van der Waals surface area contributed by atoms with Crippen molar-refractivity contribution in [2.45, 2.75) is 0 Å². The molecule has 0 saturated carbocycles. The minimum atomic E-state index is -2.37. The van der Waals surface area contributed by atoms with Gasteiger partial charge in [0.05, 0.1) is 0 Å². The van der Waals surface area contributed by atoms with Gasteiger partial charge in [0, 0.05) is 16.5 Å². The Morgan fingerprint density at radius 3 is 1.80 bits per heavy atom. The Labute approximate surface area is 40.4 Å². The van der Waals surface area contributed by atoms with Crippen molar-refractivity contribution >= 4 is 8.18 Å². The molecule has 1 unspecified atom stereocenters. The van der Waals surface area contributed by atoms with Gasteiger partial charge in [-0.15, -0.1) is 4.89 Å². The van der Waals surface area contributed by atoms with Gasteiger partial charge in [-0.2, -0.15) is 0 Å². The SMILES string of the molecule is N[P+](=O)O.[Ni]. The first-order valence-corrected chi connectivity index (χ1v) is 1.92. The Kier molecular flexibility index (Phi) is 8.21. The molecule has 0 amide bonds. The Bertz CT molecular complexity index is 32.6. The van der Waals surface area contributed by atoms with E-state index in [-0.39, 0.29) is 16.5 Å². The van der Waals surface area contributed by atoms with E-state index in [2.05, 4.69) is 5.50 Å². The Balaban J connectivity index is 0. The van der Waals surface area contributed by atoms with Crippen molar-refractivity contribution in [2.75, 3.05) is 0 Å². The maximum atomic E-state index is 8.93. The van der Waals surface area contributed by atoms with Gasteiger partial charge in [-0.05, 0) is 4.57 Å². The van der Waals surface area contributed by atoms with E-state index < -0.39 is 8.18 Å². The van der Waals surface area contributed by atoms with Gasteiger partial charge in [0.25, 0.3) is 0 Å². The number of rotatable bonds is 0. The summed E-state index contributed by atoms with van der Waals surface area (Å²) in [7, 11) is -2.37. The van der Waals surface area contributed by atoms with Crippen LogP contribution in [0.25, 0.3) is 0 Å². The molecule has 0 aromatic carbocycles. The zero-order valence-electron chi connectivity index (χ0n) is 2.20. The van der Waals surface area contributed by atoms with Gasteiger partial charge in [-0.3, -0.25) is 0 Å². The summed E-state index contributed by atoms with van der Waals surface area (Å²) < 4.78 is 8.93. The van der Waals surface area contributed by atoms with Crippen LogP contribution in [0.5, 0.6) is 0 Å². The second kappa shape index (κ2) is 4.51. The molecule has 1 atom stereocenters. The molecular formula is H3NNiO2P+. The van der Waals surface area contributed by atoms with Gasteiger partial charge in [-0.1, -0.05) is 5.50 Å². The molecule has 3 N–H and O–H groups in total. The molecule has 5 heavy (non-hydrogen) atoms. The normalized spacial score (nSPS) is 8.80. The molecule has 0 bridgehead atoms. The van der Waals surface area contributed by atoms with Crippen LogP contribution in [0.3, 0.4) is 0 Å². The average Bonchev–Trinajstić information content (AvgIpc) is 0.811. The first-order valence-electron chi connectivity index (χ1n) is 0.641. The third kappa shape index (κ3) is 108. The maximum absolute atomic E-state index is 8.93. The van der Waals surface area contributed by atoms with Crippen LogP contribution in [0, 0.1) is 0 Å². The zero-order valence-corrected chi connectivity index (χ0v) is 4.08. The van der Waals surface area contributed by atoms with Crippen LogP contribution < -0.4 is 5.50 Å². The second-order valence-electron chi connectivity index (χ2n) is 0.303. The van der Waals surface area contributed by atoms with Gasteiger partial charge in [0.2, 0.25) is 0 Å². The first kappa shape index (κ1) is 9.10. The van der Waals surface area contributed by atoms with Crippen molar-refractivity contribution in [1.82, 2.24) is 0 Å². The van der Waals surface area contributed by atoms with E-state index in [1.807, 2.05) is 0 Å². The molecule has 0 aliphatic carbocycles. The van der Waals surface area contributed by atoms with Gasteiger partial charge >= 0.3 is 8.18 Å². The predicted molar refractivity (Wildman–Crippen MR) is 14.0 cm³/mol. The van der Waals surface area contributed by atoms with Crippen molar-refractivity contribution in [3.63, 3.8) is 0 Å². The predicted octanol–water partition coefficient (Wildman–Crippen LogP) is -0.408. The first-order chi connectivity index (χ1) is 1.73. The number of nitrogens with two attached hydrogens (primary N) is 1. The molecule has 0 aliphatic rings. The zero-order chi connectivity index (χ0) is 3.58. The largest absolute Gasteiger partial charge is 0.607 e. The fourth-order valence-electron chi connectivity index (χ4n) is 0. The molecule has 0 spiro atoms. The fourth-order valence-corrected chi connectivity index (χ4v) is 0. The Morgan fingerprint density at radius 2 is 1.80 bits per heavy atom. The van der Waals surface area contributed by atoms with Gasteiger partial charge < -0.3 is 0 Å². The third-order valence-electron chi connectivity index (χ3n) is 0. The molecule has 0 rings (SSSR count). The van der Waals surface area contributed by atoms with Crippen LogP contribution in [0.2, 0.25) is 0 Å². The van der Waals surface area contributed by atoms with Crippen LogP contribution in [-0.2, 0) is 21.1 Å². The van der Waals surface area contributed by atoms with Crippen LogP contribution in [0.15, 0.2) is 0 Å². The van der Waals surface area contributed by atoms with Gasteiger partial charge in [0.1, 0.15) is 0 Å². The second-order valence-corrected chi connectivity index (χ2v) is 0.908. The summed E-state index contributed by atoms with van der Waals surface area (Å²) >= 11 is 0. The van der Waals surface area contributed by atoms with Crippen LogP contribution in [-0.4, -0.2) is 4.89 Å². The van der Waals surface area contributed by atoms with E-state index >= 15 is 0 Å². The smallest absolute Gasteiger partial charge is 0.144 e. The van der Waals surface area contributed by atoms with E-state index in [9.17, 15) is 0 Å². The molecule has 0 aliphatic heterocycles. The van der Waals surface area contributed by atoms with Crippen molar-refractivity contribution in [2.24, 2.45) is 5.50 Å². The Morgan fingerprint density at radius 1 is 1.80 bits per heavy atom. The van der Waals surface area contributed by atoms with Gasteiger partial charge in [-0.25, -0.2) is 0 Å². The maximum Gasteiger partial charge on any atom is 0.607 e. The molecule has 0 saturated heterocycles. The average molecular weight is 139 g/mol. The molecular weight excluding hydrogens is 136 g/mol. The summed E-state index contributed by atoms with van der Waals surface area (Å²) in [4.78, 5) is 7.34. The standard InChI is InChI=1S/H2NO2P.Ni/c1-4(2)3;/h(H2-,1,2,3);/p+1. The summed E-state index contributed by atoms with van der Waals surface area (Å²) in [6.07, 6.45) is 0. The molecule has 5 heteroatoms. The number of hydrogen-bond donors (Lipinski definition) is 2. The Hall–Kier alpha value is 0.514. The van der Waals surface area contributed by atoms with E-state index in [0.29, 0.717) is 0 Å². The van der Waals surface area contributed by atoms with Crippen molar-refractivity contribution < 1.29 is 25.9 Å². The summed E-state index contributed by atoms with van der Waals surface area (Å²) in [6, 6.07) is 0. The van der Waals surface area contributed by atoms with Crippen molar-refractivity contribution in [3.05, 3.63) is 0 Å². The summed E-state index contributed by atoms with van der Waals surface area (Å²) in [5.74, 6) is 0. The topological polar surface area (TPSA) is 63.3 Å². The summed E-state index contributed by atoms with van der Waals surface area (Å²) in [6.45, 7) is 0. The minimum absolute atomic E-state index is 0. The molecule has 0 fully saturated rings. The minimum Gasteiger partial charge on any atom is -0.144 e. The number of hydrogen-bond acceptors (Lipinski definition) is 1. The van der Waals surface area contributed by atoms with Crippen LogP contribution in [0.1, 0.15) is 0 Å². The molecule has 0 radical (unpaired) electrons. The van der Waals surface area contributed by atoms with Gasteiger partial charge in [0.15, 0.2) is 0 Å². The monoisotopic (exact) mass is 138 g/mol. The summed E-state index contributed by atoms with van der Waals surface area (Å²) in [5, 5.41) is 0. The molecule has 0 aromatic rings. The van der Waals surface area contributed by atoms with Crippen molar-refractivity contribution in [3.8, 4) is 0 Å². The van der Waals surface area contributed by atoms with E-state index in [4.69, 9.17) is 9.46 Å². The van der Waals surface area contributed by atoms with E-state index in [0.717, 1.165) is 0 Å². The fraction of sp³-hybridized carbons (Fsp3) is 0. The molecule has 34 valence electrons. The quantitative estimate of drug-likeness (QED) is 0.354. The van der Waals surface area contributed by atoms with Crippen LogP contribution in [0.4, 0.5) is 0 Å². The van der Waals surface area contributed by atoms with E-state index in [1.54, 1.807) is 0 Å². The summed E-state index contributed by atoms with van der Waals surface area (Å²) in [5.41, 5.74) is 4.18. The third-order valence-corrected chi connectivity index (χ3v) is 0.